The van der Waals surface area contributed by atoms with Crippen LogP contribution in [0.5, 0.6) is 5.88 Å². The summed E-state index contributed by atoms with van der Waals surface area (Å²) in [6.45, 7) is -1.11. The Balaban J connectivity index is 3.19. The molecule has 0 aliphatic rings. The maximum Gasteiger partial charge on any atom is 0.574 e. The second-order valence-electron chi connectivity index (χ2n) is 2.68. The van der Waals surface area contributed by atoms with Crippen LogP contribution in [-0.2, 0) is 6.67 Å². The van der Waals surface area contributed by atoms with Gasteiger partial charge in [0.2, 0.25) is 5.88 Å². The van der Waals surface area contributed by atoms with Crippen LogP contribution in [0.3, 0.4) is 0 Å². The molecular formula is C8H5F4N3O. The number of anilines is 1. The van der Waals surface area contributed by atoms with Crippen molar-refractivity contribution < 1.29 is 22.3 Å². The van der Waals surface area contributed by atoms with Gasteiger partial charge in [-0.1, -0.05) is 0 Å². The number of nitriles is 1. The minimum atomic E-state index is -4.95. The van der Waals surface area contributed by atoms with E-state index in [1.807, 2.05) is 0 Å². The average molecular weight is 235 g/mol. The van der Waals surface area contributed by atoms with Crippen LogP contribution in [0.1, 0.15) is 11.3 Å². The van der Waals surface area contributed by atoms with Gasteiger partial charge in [0, 0.05) is 11.6 Å². The number of nitrogens with zero attached hydrogens (tertiary/aromatic N) is 2. The number of ether oxygens (including phenoxy) is 1. The average Bonchev–Trinajstić information content (AvgIpc) is 2.18. The zero-order valence-electron chi connectivity index (χ0n) is 7.68. The largest absolute Gasteiger partial charge is 0.574 e. The van der Waals surface area contributed by atoms with Crippen molar-refractivity contribution in [3.8, 4) is 11.9 Å². The van der Waals surface area contributed by atoms with E-state index in [-0.39, 0.29) is 11.3 Å². The highest BCUT2D eigenvalue weighted by atomic mass is 19.4. The summed E-state index contributed by atoms with van der Waals surface area (Å²) in [7, 11) is 0. The molecule has 0 radical (unpaired) electrons. The summed E-state index contributed by atoms with van der Waals surface area (Å²) < 4.78 is 51.3. The predicted octanol–water partition coefficient (Wildman–Crippen LogP) is 1.90. The minimum Gasteiger partial charge on any atom is -0.396 e. The fourth-order valence-corrected chi connectivity index (χ4v) is 0.948. The Morgan fingerprint density at radius 2 is 2.12 bits per heavy atom. The number of rotatable bonds is 2. The molecule has 2 N–H and O–H groups in total. The second-order valence-corrected chi connectivity index (χ2v) is 2.68. The Labute approximate surface area is 87.3 Å². The standard InChI is InChI=1S/C8H5F4N3O/c9-2-4-1-6(16-8(10,11)12)15-5(3-13)7(4)14/h1H,2,14H2. The molecule has 0 spiro atoms. The second kappa shape index (κ2) is 4.22. The quantitative estimate of drug-likeness (QED) is 0.794. The molecular weight excluding hydrogens is 230 g/mol. The number of nitrogens with two attached hydrogens (primary N) is 1. The fraction of sp³-hybridized carbons (Fsp3) is 0.250. The number of pyridine rings is 1. The van der Waals surface area contributed by atoms with Gasteiger partial charge in [0.15, 0.2) is 5.69 Å². The number of hydrogen-bond donors (Lipinski definition) is 1. The van der Waals surface area contributed by atoms with Crippen molar-refractivity contribution in [3.63, 3.8) is 0 Å². The van der Waals surface area contributed by atoms with Crippen molar-refractivity contribution >= 4 is 5.69 Å². The van der Waals surface area contributed by atoms with Crippen LogP contribution in [0.2, 0.25) is 0 Å². The van der Waals surface area contributed by atoms with Crippen LogP contribution in [0.15, 0.2) is 6.07 Å². The van der Waals surface area contributed by atoms with Crippen molar-refractivity contribution in [3.05, 3.63) is 17.3 Å². The molecule has 0 aliphatic carbocycles. The lowest BCUT2D eigenvalue weighted by molar-refractivity contribution is -0.276. The van der Waals surface area contributed by atoms with Crippen LogP contribution in [-0.4, -0.2) is 11.3 Å². The Morgan fingerprint density at radius 1 is 1.50 bits per heavy atom. The molecule has 0 saturated heterocycles. The summed E-state index contributed by atoms with van der Waals surface area (Å²) in [5.41, 5.74) is 4.21. The Morgan fingerprint density at radius 3 is 2.56 bits per heavy atom. The molecule has 0 amide bonds. The molecule has 16 heavy (non-hydrogen) atoms. The summed E-state index contributed by atoms with van der Waals surface area (Å²) in [5.74, 6) is -0.911. The molecule has 0 fully saturated rings. The Kier molecular flexibility index (Phi) is 3.17. The van der Waals surface area contributed by atoms with Gasteiger partial charge in [-0.2, -0.15) is 5.26 Å². The highest BCUT2D eigenvalue weighted by Gasteiger charge is 2.32. The lowest BCUT2D eigenvalue weighted by Crippen LogP contribution is -2.18. The Hall–Kier alpha value is -2.04. The molecule has 0 aliphatic heterocycles. The van der Waals surface area contributed by atoms with E-state index < -0.39 is 24.6 Å². The van der Waals surface area contributed by atoms with Crippen LogP contribution in [0.25, 0.3) is 0 Å². The topological polar surface area (TPSA) is 71.9 Å². The minimum absolute atomic E-state index is 0.272. The molecule has 8 heteroatoms. The van der Waals surface area contributed by atoms with Crippen molar-refractivity contribution in [1.82, 2.24) is 4.98 Å². The lowest BCUT2D eigenvalue weighted by atomic mass is 10.2. The molecule has 1 aromatic rings. The van der Waals surface area contributed by atoms with Gasteiger partial charge in [-0.25, -0.2) is 9.37 Å². The first-order valence-electron chi connectivity index (χ1n) is 3.88. The third-order valence-electron chi connectivity index (χ3n) is 1.59. The molecule has 0 saturated carbocycles. The van der Waals surface area contributed by atoms with Crippen LogP contribution in [0, 0.1) is 11.3 Å². The number of halogens is 4. The maximum absolute atomic E-state index is 12.4. The summed E-state index contributed by atoms with van der Waals surface area (Å²) in [6.07, 6.45) is -4.95. The van der Waals surface area contributed by atoms with E-state index >= 15 is 0 Å². The van der Waals surface area contributed by atoms with E-state index in [1.54, 1.807) is 0 Å². The van der Waals surface area contributed by atoms with E-state index in [0.717, 1.165) is 0 Å². The summed E-state index contributed by atoms with van der Waals surface area (Å²) in [6, 6.07) is 2.14. The smallest absolute Gasteiger partial charge is 0.396 e. The van der Waals surface area contributed by atoms with Gasteiger partial charge in [0.05, 0.1) is 5.69 Å². The van der Waals surface area contributed by atoms with Gasteiger partial charge in [-0.3, -0.25) is 0 Å². The van der Waals surface area contributed by atoms with E-state index in [2.05, 4.69) is 9.72 Å². The number of nitrogen functional groups attached to an aromatic ring is 1. The van der Waals surface area contributed by atoms with Crippen LogP contribution >= 0.6 is 0 Å². The normalized spacial score (nSPS) is 10.9. The summed E-state index contributed by atoms with van der Waals surface area (Å²) >= 11 is 0. The molecule has 1 heterocycles. The molecule has 1 aromatic heterocycles. The highest BCUT2D eigenvalue weighted by molar-refractivity contribution is 5.57. The van der Waals surface area contributed by atoms with E-state index in [4.69, 9.17) is 11.0 Å². The monoisotopic (exact) mass is 235 g/mol. The van der Waals surface area contributed by atoms with Crippen molar-refractivity contribution in [1.29, 1.82) is 5.26 Å². The van der Waals surface area contributed by atoms with Crippen molar-refractivity contribution in [2.75, 3.05) is 5.73 Å². The van der Waals surface area contributed by atoms with Gasteiger partial charge in [0.25, 0.3) is 0 Å². The molecule has 4 nitrogen and oxygen atoms in total. The maximum atomic E-state index is 12.4. The molecule has 0 bridgehead atoms. The number of hydrogen-bond acceptors (Lipinski definition) is 4. The predicted molar refractivity (Wildman–Crippen MR) is 44.9 cm³/mol. The van der Waals surface area contributed by atoms with Crippen molar-refractivity contribution in [2.24, 2.45) is 0 Å². The molecule has 0 unspecified atom stereocenters. The Bertz CT molecular complexity index is 438. The number of alkyl halides is 4. The first-order chi connectivity index (χ1) is 7.37. The highest BCUT2D eigenvalue weighted by Crippen LogP contribution is 2.26. The van der Waals surface area contributed by atoms with E-state index in [9.17, 15) is 17.6 Å². The third kappa shape index (κ3) is 2.73. The SMILES string of the molecule is N#Cc1nc(OC(F)(F)F)cc(CF)c1N. The fourth-order valence-electron chi connectivity index (χ4n) is 0.948. The zero-order valence-corrected chi connectivity index (χ0v) is 7.68. The first kappa shape index (κ1) is 12.0. The van der Waals surface area contributed by atoms with Gasteiger partial charge >= 0.3 is 6.36 Å². The van der Waals surface area contributed by atoms with Gasteiger partial charge < -0.3 is 10.5 Å². The third-order valence-corrected chi connectivity index (χ3v) is 1.59. The number of aromatic nitrogens is 1. The lowest BCUT2D eigenvalue weighted by Gasteiger charge is -2.10. The van der Waals surface area contributed by atoms with E-state index in [1.165, 1.54) is 6.07 Å². The van der Waals surface area contributed by atoms with Crippen LogP contribution in [0.4, 0.5) is 23.2 Å². The molecule has 0 aromatic carbocycles. The molecule has 0 atom stereocenters. The zero-order chi connectivity index (χ0) is 12.3. The van der Waals surface area contributed by atoms with Gasteiger partial charge in [-0.05, 0) is 0 Å². The summed E-state index contributed by atoms with van der Waals surface area (Å²) in [4.78, 5) is 3.19. The van der Waals surface area contributed by atoms with Gasteiger partial charge in [-0.15, -0.1) is 13.2 Å². The summed E-state index contributed by atoms with van der Waals surface area (Å²) in [5, 5.41) is 8.51. The molecule has 1 rings (SSSR count). The first-order valence-corrected chi connectivity index (χ1v) is 3.88. The van der Waals surface area contributed by atoms with Crippen molar-refractivity contribution in [2.45, 2.75) is 13.0 Å². The van der Waals surface area contributed by atoms with Gasteiger partial charge in [0.1, 0.15) is 12.7 Å². The van der Waals surface area contributed by atoms with Crippen LogP contribution < -0.4 is 10.5 Å². The van der Waals surface area contributed by atoms with E-state index in [0.29, 0.717) is 6.07 Å². The molecule has 86 valence electrons.